The fraction of sp³-hybridized carbons (Fsp3) is 0.737. The normalized spacial score (nSPS) is 13.8. The molecule has 178 valence electrons. The van der Waals surface area contributed by atoms with Gasteiger partial charge in [-0.2, -0.15) is 0 Å². The molecule has 0 spiro atoms. The molecule has 31 heavy (non-hydrogen) atoms. The number of carbonyl (C=O) groups excluding carboxylic acids is 3. The van der Waals surface area contributed by atoms with E-state index in [0.717, 1.165) is 0 Å². The van der Waals surface area contributed by atoms with Crippen molar-refractivity contribution >= 4 is 29.8 Å². The summed E-state index contributed by atoms with van der Waals surface area (Å²) in [6, 6.07) is -2.07. The van der Waals surface area contributed by atoms with Gasteiger partial charge in [0.15, 0.2) is 5.96 Å². The zero-order valence-corrected chi connectivity index (χ0v) is 18.8. The Morgan fingerprint density at radius 3 is 2.23 bits per heavy atom. The third-order valence-electron chi connectivity index (χ3n) is 4.21. The molecule has 0 radical (unpaired) electrons. The number of amides is 3. The maximum absolute atomic E-state index is 12.5. The summed E-state index contributed by atoms with van der Waals surface area (Å²) in [6.45, 7) is 8.57. The van der Waals surface area contributed by atoms with Gasteiger partial charge in [-0.3, -0.25) is 15.0 Å². The molecule has 12 nitrogen and oxygen atoms in total. The number of alkyl carbamates (subject to hydrolysis) is 1. The maximum Gasteiger partial charge on any atom is 0.408 e. The van der Waals surface area contributed by atoms with Crippen molar-refractivity contribution in [2.75, 3.05) is 13.1 Å². The highest BCUT2D eigenvalue weighted by molar-refractivity contribution is 5.91. The molecule has 0 aromatic heterocycles. The van der Waals surface area contributed by atoms with Gasteiger partial charge in [-0.1, -0.05) is 20.3 Å². The lowest BCUT2D eigenvalue weighted by Gasteiger charge is -2.26. The number of hydrogen-bond acceptors (Lipinski definition) is 6. The van der Waals surface area contributed by atoms with E-state index in [1.165, 1.54) is 0 Å². The summed E-state index contributed by atoms with van der Waals surface area (Å²) < 4.78 is 5.18. The molecule has 3 atom stereocenters. The highest BCUT2D eigenvalue weighted by atomic mass is 16.6. The van der Waals surface area contributed by atoms with E-state index in [1.54, 1.807) is 27.7 Å². The zero-order valence-electron chi connectivity index (χ0n) is 18.8. The van der Waals surface area contributed by atoms with E-state index < -0.39 is 48.1 Å². The SMILES string of the molecule is CC[C@H](C)[C@H](NC(=O)OC(C)(C)C)C(=O)NCC(=O)N[C@@H](CCCNC(=N)N)C(=O)O. The van der Waals surface area contributed by atoms with Crippen molar-refractivity contribution in [1.82, 2.24) is 21.3 Å². The molecule has 0 aliphatic carbocycles. The molecular formula is C19H36N6O6. The van der Waals surface area contributed by atoms with Crippen molar-refractivity contribution in [1.29, 1.82) is 5.41 Å². The third kappa shape index (κ3) is 13.0. The lowest BCUT2D eigenvalue weighted by molar-refractivity contribution is -0.142. The Labute approximate surface area is 182 Å². The fourth-order valence-electron chi connectivity index (χ4n) is 2.45. The van der Waals surface area contributed by atoms with Gasteiger partial charge in [0.05, 0.1) is 6.54 Å². The van der Waals surface area contributed by atoms with E-state index in [0.29, 0.717) is 19.4 Å². The van der Waals surface area contributed by atoms with Crippen LogP contribution in [0, 0.1) is 11.3 Å². The molecule has 0 heterocycles. The number of carbonyl (C=O) groups is 4. The molecule has 0 aliphatic heterocycles. The largest absolute Gasteiger partial charge is 0.480 e. The smallest absolute Gasteiger partial charge is 0.408 e. The summed E-state index contributed by atoms with van der Waals surface area (Å²) in [6.07, 6.45) is 0.321. The van der Waals surface area contributed by atoms with Crippen molar-refractivity contribution in [2.45, 2.75) is 71.6 Å². The maximum atomic E-state index is 12.5. The van der Waals surface area contributed by atoms with Crippen LogP contribution >= 0.6 is 0 Å². The Hall–Kier alpha value is -3.05. The standard InChI is InChI=1S/C19H36N6O6/c1-6-11(2)14(25-18(30)31-19(3,4)5)15(27)23-10-13(26)24-12(16(28)29)8-7-9-22-17(20)21/h11-12,14H,6-10H2,1-5H3,(H,23,27)(H,24,26)(H,25,30)(H,28,29)(H4,20,21,22)/t11-,12-,14-/m0/s1. The van der Waals surface area contributed by atoms with E-state index in [1.807, 2.05) is 6.92 Å². The number of hydrogen-bond donors (Lipinski definition) is 7. The number of guanidine groups is 1. The van der Waals surface area contributed by atoms with Crippen LogP contribution in [0.15, 0.2) is 0 Å². The number of aliphatic carboxylic acids is 1. The highest BCUT2D eigenvalue weighted by Crippen LogP contribution is 2.11. The van der Waals surface area contributed by atoms with Crippen LogP contribution in [0.5, 0.6) is 0 Å². The molecule has 0 aromatic rings. The van der Waals surface area contributed by atoms with E-state index in [2.05, 4.69) is 21.3 Å². The molecule has 12 heteroatoms. The number of nitrogens with two attached hydrogens (primary N) is 1. The minimum atomic E-state index is -1.22. The lowest BCUT2D eigenvalue weighted by atomic mass is 9.98. The average Bonchev–Trinajstić information content (AvgIpc) is 2.64. The molecule has 0 saturated heterocycles. The minimum absolute atomic E-state index is 0.116. The summed E-state index contributed by atoms with van der Waals surface area (Å²) in [5.74, 6) is -2.93. The quantitative estimate of drug-likeness (QED) is 0.123. The number of ether oxygens (including phenoxy) is 1. The van der Waals surface area contributed by atoms with Gasteiger partial charge in [-0.25, -0.2) is 9.59 Å². The summed E-state index contributed by atoms with van der Waals surface area (Å²) >= 11 is 0. The predicted molar refractivity (Wildman–Crippen MR) is 114 cm³/mol. The number of carboxylic acid groups (broad SMARTS) is 1. The Morgan fingerprint density at radius 1 is 1.13 bits per heavy atom. The number of rotatable bonds is 12. The Bertz CT molecular complexity index is 648. The molecule has 3 amide bonds. The summed E-state index contributed by atoms with van der Waals surface area (Å²) in [5.41, 5.74) is 4.42. The van der Waals surface area contributed by atoms with Crippen LogP contribution in [0.3, 0.4) is 0 Å². The first-order valence-corrected chi connectivity index (χ1v) is 10.1. The second-order valence-electron chi connectivity index (χ2n) is 8.17. The topological polar surface area (TPSA) is 196 Å². The zero-order chi connectivity index (χ0) is 24.2. The molecule has 8 N–H and O–H groups in total. The molecule has 0 aromatic carbocycles. The van der Waals surface area contributed by atoms with Crippen LogP contribution in [0.1, 0.15) is 53.9 Å². The highest BCUT2D eigenvalue weighted by Gasteiger charge is 2.29. The van der Waals surface area contributed by atoms with E-state index in [-0.39, 0.29) is 18.3 Å². The monoisotopic (exact) mass is 444 g/mol. The van der Waals surface area contributed by atoms with Crippen LogP contribution in [0.2, 0.25) is 0 Å². The van der Waals surface area contributed by atoms with Crippen molar-refractivity contribution in [2.24, 2.45) is 11.7 Å². The first-order valence-electron chi connectivity index (χ1n) is 10.1. The van der Waals surface area contributed by atoms with Crippen molar-refractivity contribution < 1.29 is 29.0 Å². The van der Waals surface area contributed by atoms with Crippen LogP contribution in [0.25, 0.3) is 0 Å². The van der Waals surface area contributed by atoms with Gasteiger partial charge in [-0.05, 0) is 39.5 Å². The van der Waals surface area contributed by atoms with Gasteiger partial charge in [0.1, 0.15) is 17.7 Å². The number of carboxylic acids is 1. The lowest BCUT2D eigenvalue weighted by Crippen LogP contribution is -2.53. The summed E-state index contributed by atoms with van der Waals surface area (Å²) in [5, 5.41) is 26.1. The van der Waals surface area contributed by atoms with E-state index in [9.17, 15) is 24.3 Å². The van der Waals surface area contributed by atoms with Crippen LogP contribution < -0.4 is 27.0 Å². The second kappa shape index (κ2) is 13.3. The molecule has 0 rings (SSSR count). The molecule has 0 saturated carbocycles. The van der Waals surface area contributed by atoms with Crippen LogP contribution in [0.4, 0.5) is 4.79 Å². The van der Waals surface area contributed by atoms with E-state index >= 15 is 0 Å². The minimum Gasteiger partial charge on any atom is -0.480 e. The molecule has 0 fully saturated rings. The Balaban J connectivity index is 4.76. The number of nitrogens with one attached hydrogen (secondary N) is 5. The summed E-state index contributed by atoms with van der Waals surface area (Å²) in [4.78, 5) is 48.0. The molecule has 0 unspecified atom stereocenters. The van der Waals surface area contributed by atoms with Gasteiger partial charge in [0.25, 0.3) is 0 Å². The van der Waals surface area contributed by atoms with Gasteiger partial charge in [-0.15, -0.1) is 0 Å². The van der Waals surface area contributed by atoms with Gasteiger partial charge in [0, 0.05) is 6.54 Å². The first kappa shape index (κ1) is 27.9. The van der Waals surface area contributed by atoms with Crippen LogP contribution in [-0.2, 0) is 19.1 Å². The van der Waals surface area contributed by atoms with Gasteiger partial charge in [0.2, 0.25) is 11.8 Å². The van der Waals surface area contributed by atoms with E-state index in [4.69, 9.17) is 15.9 Å². The summed E-state index contributed by atoms with van der Waals surface area (Å²) in [7, 11) is 0. The van der Waals surface area contributed by atoms with Crippen molar-refractivity contribution in [3.05, 3.63) is 0 Å². The van der Waals surface area contributed by atoms with Crippen molar-refractivity contribution in [3.63, 3.8) is 0 Å². The van der Waals surface area contributed by atoms with Gasteiger partial charge >= 0.3 is 12.1 Å². The third-order valence-corrected chi connectivity index (χ3v) is 4.21. The fourth-order valence-corrected chi connectivity index (χ4v) is 2.45. The molecular weight excluding hydrogens is 408 g/mol. The average molecular weight is 445 g/mol. The van der Waals surface area contributed by atoms with Crippen molar-refractivity contribution in [3.8, 4) is 0 Å². The Morgan fingerprint density at radius 2 is 1.74 bits per heavy atom. The predicted octanol–water partition coefficient (Wildman–Crippen LogP) is -0.125. The van der Waals surface area contributed by atoms with Crippen LogP contribution in [-0.4, -0.2) is 65.7 Å². The van der Waals surface area contributed by atoms with Gasteiger partial charge < -0.3 is 36.8 Å². The first-order chi connectivity index (χ1) is 14.3. The Kier molecular flexibility index (Phi) is 12.0. The second-order valence-corrected chi connectivity index (χ2v) is 8.17. The molecule has 0 bridgehead atoms. The molecule has 0 aliphatic rings.